The van der Waals surface area contributed by atoms with Gasteiger partial charge in [0.15, 0.2) is 0 Å². The van der Waals surface area contributed by atoms with Crippen LogP contribution in [0.1, 0.15) is 41.7 Å². The Balaban J connectivity index is 1.88. The van der Waals surface area contributed by atoms with Crippen molar-refractivity contribution in [3.8, 4) is 0 Å². The van der Waals surface area contributed by atoms with Crippen LogP contribution >= 0.6 is 11.6 Å². The number of nitrogens with zero attached hydrogens (tertiary/aromatic N) is 2. The minimum Gasteiger partial charge on any atom is -0.331 e. The molecule has 0 N–H and O–H groups in total. The van der Waals surface area contributed by atoms with Crippen LogP contribution in [0.2, 0.25) is 0 Å². The summed E-state index contributed by atoms with van der Waals surface area (Å²) in [5.41, 5.74) is 1.55. The maximum Gasteiger partial charge on any atom is 0.273 e. The molecule has 1 amide bonds. The first kappa shape index (κ1) is 12.0. The van der Waals surface area contributed by atoms with Gasteiger partial charge in [-0.1, -0.05) is 6.07 Å². The van der Waals surface area contributed by atoms with Gasteiger partial charge in [0.2, 0.25) is 0 Å². The fourth-order valence-electron chi connectivity index (χ4n) is 3.27. The van der Waals surface area contributed by atoms with Crippen LogP contribution in [0.15, 0.2) is 18.3 Å². The van der Waals surface area contributed by atoms with Crippen molar-refractivity contribution >= 4 is 17.5 Å². The Morgan fingerprint density at radius 1 is 1.39 bits per heavy atom. The van der Waals surface area contributed by atoms with Crippen LogP contribution in [-0.4, -0.2) is 33.3 Å². The molecule has 2 fully saturated rings. The second-order valence-corrected chi connectivity index (χ2v) is 5.95. The molecule has 1 aromatic rings. The molecular weight excluding hydrogens is 248 g/mol. The highest BCUT2D eigenvalue weighted by Crippen LogP contribution is 2.38. The molecule has 4 heteroatoms. The average molecular weight is 265 g/mol. The van der Waals surface area contributed by atoms with Crippen molar-refractivity contribution in [2.75, 3.05) is 0 Å². The molecule has 0 radical (unpaired) electrons. The molecule has 0 aliphatic carbocycles. The van der Waals surface area contributed by atoms with Crippen molar-refractivity contribution in [1.29, 1.82) is 0 Å². The van der Waals surface area contributed by atoms with Crippen molar-refractivity contribution < 1.29 is 4.79 Å². The third kappa shape index (κ3) is 1.91. The zero-order chi connectivity index (χ0) is 12.7. The Morgan fingerprint density at radius 3 is 2.67 bits per heavy atom. The van der Waals surface area contributed by atoms with E-state index in [0.29, 0.717) is 17.8 Å². The third-order valence-electron chi connectivity index (χ3n) is 4.12. The van der Waals surface area contributed by atoms with Gasteiger partial charge in [-0.3, -0.25) is 9.78 Å². The predicted octanol–water partition coefficient (Wildman–Crippen LogP) is 2.76. The van der Waals surface area contributed by atoms with Crippen LogP contribution in [0.3, 0.4) is 0 Å². The summed E-state index contributed by atoms with van der Waals surface area (Å²) < 4.78 is 0. The number of fused-ring (bicyclic) bond motifs is 2. The highest BCUT2D eigenvalue weighted by atomic mass is 35.5. The Hall–Kier alpha value is -1.09. The van der Waals surface area contributed by atoms with Crippen LogP contribution in [0.4, 0.5) is 0 Å². The van der Waals surface area contributed by atoms with Crippen molar-refractivity contribution in [3.05, 3.63) is 29.6 Å². The fraction of sp³-hybridized carbons (Fsp3) is 0.571. The number of rotatable bonds is 1. The fourth-order valence-corrected chi connectivity index (χ4v) is 3.69. The van der Waals surface area contributed by atoms with Gasteiger partial charge in [-0.05, 0) is 44.2 Å². The number of carbonyl (C=O) groups is 1. The standard InChI is InChI=1S/C14H17ClN2O/c1-9-3-2-6-16-13(9)14(18)17-11-4-5-12(17)8-10(15)7-11/h2-3,6,10-12H,4-5,7-8H2,1H3. The van der Waals surface area contributed by atoms with Gasteiger partial charge in [0, 0.05) is 23.7 Å². The Labute approximate surface area is 112 Å². The molecule has 0 saturated carbocycles. The van der Waals surface area contributed by atoms with Gasteiger partial charge in [-0.15, -0.1) is 11.6 Å². The quantitative estimate of drug-likeness (QED) is 0.731. The summed E-state index contributed by atoms with van der Waals surface area (Å²) >= 11 is 6.24. The summed E-state index contributed by atoms with van der Waals surface area (Å²) in [5.74, 6) is 0.0872. The van der Waals surface area contributed by atoms with Gasteiger partial charge >= 0.3 is 0 Å². The van der Waals surface area contributed by atoms with E-state index in [2.05, 4.69) is 4.98 Å². The zero-order valence-electron chi connectivity index (χ0n) is 10.5. The van der Waals surface area contributed by atoms with Crippen LogP contribution < -0.4 is 0 Å². The number of halogens is 1. The largest absolute Gasteiger partial charge is 0.331 e. The molecule has 96 valence electrons. The molecular formula is C14H17ClN2O. The number of hydrogen-bond acceptors (Lipinski definition) is 2. The minimum absolute atomic E-state index is 0.0872. The monoisotopic (exact) mass is 264 g/mol. The third-order valence-corrected chi connectivity index (χ3v) is 4.48. The molecule has 3 heterocycles. The molecule has 2 aliphatic heterocycles. The highest BCUT2D eigenvalue weighted by Gasteiger charge is 2.43. The van der Waals surface area contributed by atoms with E-state index >= 15 is 0 Å². The SMILES string of the molecule is Cc1cccnc1C(=O)N1C2CCC1CC(Cl)C2. The first-order valence-corrected chi connectivity index (χ1v) is 6.99. The van der Waals surface area contributed by atoms with Gasteiger partial charge < -0.3 is 4.90 Å². The lowest BCUT2D eigenvalue weighted by molar-refractivity contribution is 0.0592. The lowest BCUT2D eigenvalue weighted by atomic mass is 10.0. The van der Waals surface area contributed by atoms with E-state index in [4.69, 9.17) is 11.6 Å². The predicted molar refractivity (Wildman–Crippen MR) is 70.8 cm³/mol. The van der Waals surface area contributed by atoms with Crippen molar-refractivity contribution in [3.63, 3.8) is 0 Å². The summed E-state index contributed by atoms with van der Waals surface area (Å²) in [7, 11) is 0. The first-order chi connectivity index (χ1) is 8.66. The minimum atomic E-state index is 0.0872. The van der Waals surface area contributed by atoms with Crippen LogP contribution in [0, 0.1) is 6.92 Å². The van der Waals surface area contributed by atoms with Crippen LogP contribution in [0.5, 0.6) is 0 Å². The van der Waals surface area contributed by atoms with E-state index in [0.717, 1.165) is 31.2 Å². The molecule has 2 saturated heterocycles. The summed E-state index contributed by atoms with van der Waals surface area (Å²) in [6.07, 6.45) is 5.72. The lowest BCUT2D eigenvalue weighted by Crippen LogP contribution is -2.47. The maximum absolute atomic E-state index is 12.6. The summed E-state index contributed by atoms with van der Waals surface area (Å²) in [5, 5.41) is 0.233. The number of alkyl halides is 1. The molecule has 18 heavy (non-hydrogen) atoms. The summed E-state index contributed by atoms with van der Waals surface area (Å²) in [6.45, 7) is 1.94. The smallest absolute Gasteiger partial charge is 0.273 e. The summed E-state index contributed by atoms with van der Waals surface area (Å²) in [4.78, 5) is 18.9. The molecule has 3 rings (SSSR count). The molecule has 0 aromatic carbocycles. The van der Waals surface area contributed by atoms with Gasteiger partial charge in [0.05, 0.1) is 0 Å². The van der Waals surface area contributed by atoms with E-state index in [1.165, 1.54) is 0 Å². The molecule has 3 nitrogen and oxygen atoms in total. The van der Waals surface area contributed by atoms with E-state index in [1.807, 2.05) is 24.0 Å². The van der Waals surface area contributed by atoms with Gasteiger partial charge in [0.25, 0.3) is 5.91 Å². The average Bonchev–Trinajstić information content (AvgIpc) is 2.61. The van der Waals surface area contributed by atoms with Gasteiger partial charge in [0.1, 0.15) is 5.69 Å². The summed E-state index contributed by atoms with van der Waals surface area (Å²) in [6, 6.07) is 4.45. The Kier molecular flexibility index (Phi) is 3.02. The molecule has 2 bridgehead atoms. The molecule has 1 aromatic heterocycles. The topological polar surface area (TPSA) is 33.2 Å². The molecule has 2 aliphatic rings. The normalized spacial score (nSPS) is 30.6. The van der Waals surface area contributed by atoms with Crippen molar-refractivity contribution in [2.45, 2.75) is 50.1 Å². The lowest BCUT2D eigenvalue weighted by Gasteiger charge is -2.37. The first-order valence-electron chi connectivity index (χ1n) is 6.55. The Morgan fingerprint density at radius 2 is 2.06 bits per heavy atom. The Bertz CT molecular complexity index is 463. The number of amides is 1. The second kappa shape index (κ2) is 4.54. The van der Waals surface area contributed by atoms with E-state index in [1.54, 1.807) is 6.20 Å². The zero-order valence-corrected chi connectivity index (χ0v) is 11.2. The van der Waals surface area contributed by atoms with Crippen LogP contribution in [0.25, 0.3) is 0 Å². The van der Waals surface area contributed by atoms with Gasteiger partial charge in [-0.25, -0.2) is 0 Å². The van der Waals surface area contributed by atoms with E-state index < -0.39 is 0 Å². The van der Waals surface area contributed by atoms with E-state index in [9.17, 15) is 4.79 Å². The second-order valence-electron chi connectivity index (χ2n) is 5.34. The van der Waals surface area contributed by atoms with Crippen molar-refractivity contribution in [2.24, 2.45) is 0 Å². The van der Waals surface area contributed by atoms with Gasteiger partial charge in [-0.2, -0.15) is 0 Å². The number of aromatic nitrogens is 1. The number of aryl methyl sites for hydroxylation is 1. The number of carbonyl (C=O) groups excluding carboxylic acids is 1. The highest BCUT2D eigenvalue weighted by molar-refractivity contribution is 6.20. The van der Waals surface area contributed by atoms with Crippen molar-refractivity contribution in [1.82, 2.24) is 9.88 Å². The number of piperidine rings is 1. The van der Waals surface area contributed by atoms with E-state index in [-0.39, 0.29) is 11.3 Å². The maximum atomic E-state index is 12.6. The number of hydrogen-bond donors (Lipinski definition) is 0. The molecule has 0 spiro atoms. The van der Waals surface area contributed by atoms with Crippen LogP contribution in [-0.2, 0) is 0 Å². The molecule has 2 unspecified atom stereocenters. The molecule has 2 atom stereocenters. The number of pyridine rings is 1.